The van der Waals surface area contributed by atoms with E-state index in [1.54, 1.807) is 4.90 Å². The van der Waals surface area contributed by atoms with Gasteiger partial charge in [-0.25, -0.2) is 0 Å². The molecule has 3 fully saturated rings. The highest BCUT2D eigenvalue weighted by Crippen LogP contribution is 2.56. The number of hydrogen-bond acceptors (Lipinski definition) is 4. The smallest absolute Gasteiger partial charge is 0.308 e. The molecular weight excluding hydrogens is 222 g/mol. The molecule has 98 valence electrons. The van der Waals surface area contributed by atoms with Crippen molar-refractivity contribution in [1.82, 2.24) is 4.90 Å². The van der Waals surface area contributed by atoms with Gasteiger partial charge in [0.05, 0.1) is 11.5 Å². The lowest BCUT2D eigenvalue weighted by atomic mass is 9.62. The molecule has 0 aromatic heterocycles. The summed E-state index contributed by atoms with van der Waals surface area (Å²) in [5.41, 5.74) is -0.648. The molecule has 2 heterocycles. The van der Waals surface area contributed by atoms with Gasteiger partial charge in [-0.05, 0) is 32.6 Å². The number of rotatable bonds is 3. The molecule has 2 aliphatic heterocycles. The number of ether oxygens (including phenoxy) is 1. The second-order valence-corrected chi connectivity index (χ2v) is 6.47. The van der Waals surface area contributed by atoms with Crippen molar-refractivity contribution >= 4 is 5.97 Å². The lowest BCUT2D eigenvalue weighted by Crippen LogP contribution is -2.51. The maximum atomic E-state index is 11.2. The first-order chi connectivity index (χ1) is 7.64. The molecule has 0 spiro atoms. The van der Waals surface area contributed by atoms with Crippen LogP contribution in [0.15, 0.2) is 0 Å². The van der Waals surface area contributed by atoms with Crippen LogP contribution in [0.5, 0.6) is 0 Å². The summed E-state index contributed by atoms with van der Waals surface area (Å²) in [5.74, 6) is -1.14. The third-order valence-electron chi connectivity index (χ3n) is 3.79. The van der Waals surface area contributed by atoms with Gasteiger partial charge in [-0.3, -0.25) is 9.69 Å². The number of aliphatic hydroxyl groups excluding tert-OH is 1. The van der Waals surface area contributed by atoms with Crippen LogP contribution in [0.25, 0.3) is 0 Å². The van der Waals surface area contributed by atoms with Gasteiger partial charge in [0.2, 0.25) is 6.41 Å². The number of nitrogens with zero attached hydrogens (tertiary/aromatic N) is 1. The number of carbonyl (C=O) groups is 1. The van der Waals surface area contributed by atoms with E-state index in [-0.39, 0.29) is 17.4 Å². The number of aliphatic carboxylic acids is 1. The first-order valence-electron chi connectivity index (χ1n) is 5.98. The molecule has 1 saturated carbocycles. The fourth-order valence-corrected chi connectivity index (χ4v) is 3.12. The van der Waals surface area contributed by atoms with Gasteiger partial charge in [0.1, 0.15) is 0 Å². The van der Waals surface area contributed by atoms with Crippen molar-refractivity contribution in [2.24, 2.45) is 11.3 Å². The molecule has 3 aliphatic rings. The average Bonchev–Trinajstić information content (AvgIpc) is 2.52. The predicted molar refractivity (Wildman–Crippen MR) is 61.2 cm³/mol. The molecule has 0 amide bonds. The fourth-order valence-electron chi connectivity index (χ4n) is 3.12. The Kier molecular flexibility index (Phi) is 2.76. The predicted octanol–water partition coefficient (Wildman–Crippen LogP) is 0.872. The lowest BCUT2D eigenvalue weighted by Gasteiger charge is -2.42. The van der Waals surface area contributed by atoms with Crippen LogP contribution < -0.4 is 0 Å². The summed E-state index contributed by atoms with van der Waals surface area (Å²) in [5, 5.41) is 19.2. The maximum absolute atomic E-state index is 11.2. The molecule has 17 heavy (non-hydrogen) atoms. The number of aliphatic hydroxyl groups is 1. The third kappa shape index (κ3) is 2.07. The largest absolute Gasteiger partial charge is 0.481 e. The summed E-state index contributed by atoms with van der Waals surface area (Å²) < 4.78 is 5.48. The molecule has 4 atom stereocenters. The Morgan fingerprint density at radius 3 is 2.53 bits per heavy atom. The molecule has 0 radical (unpaired) electrons. The van der Waals surface area contributed by atoms with Gasteiger partial charge in [-0.2, -0.15) is 0 Å². The minimum atomic E-state index is -1.01. The van der Waals surface area contributed by atoms with E-state index in [1.165, 1.54) is 0 Å². The SMILES string of the molecule is CC(C)(C)OC(O)N1C[C@]2(C)C[C@H]1[C@@H]2C(=O)O. The highest BCUT2D eigenvalue weighted by Gasteiger charge is 2.65. The number of fused-ring (bicyclic) bond motifs is 1. The highest BCUT2D eigenvalue weighted by atomic mass is 16.6. The van der Waals surface area contributed by atoms with Gasteiger partial charge in [-0.1, -0.05) is 6.92 Å². The first kappa shape index (κ1) is 12.8. The Morgan fingerprint density at radius 1 is 1.53 bits per heavy atom. The number of hydrogen-bond donors (Lipinski definition) is 2. The monoisotopic (exact) mass is 243 g/mol. The van der Waals surface area contributed by atoms with Gasteiger partial charge in [-0.15, -0.1) is 0 Å². The van der Waals surface area contributed by atoms with Crippen LogP contribution in [0.2, 0.25) is 0 Å². The van der Waals surface area contributed by atoms with Crippen molar-refractivity contribution in [3.05, 3.63) is 0 Å². The first-order valence-corrected chi connectivity index (χ1v) is 5.98. The van der Waals surface area contributed by atoms with E-state index in [9.17, 15) is 9.90 Å². The minimum absolute atomic E-state index is 0.0881. The van der Waals surface area contributed by atoms with Crippen LogP contribution >= 0.6 is 0 Å². The summed E-state index contributed by atoms with van der Waals surface area (Å²) in [6.45, 7) is 8.16. The summed E-state index contributed by atoms with van der Waals surface area (Å²) >= 11 is 0. The van der Waals surface area contributed by atoms with Crippen molar-refractivity contribution < 1.29 is 19.7 Å². The van der Waals surface area contributed by atoms with E-state index in [0.29, 0.717) is 6.54 Å². The van der Waals surface area contributed by atoms with E-state index < -0.39 is 18.0 Å². The normalized spacial score (nSPS) is 38.9. The van der Waals surface area contributed by atoms with E-state index in [0.717, 1.165) is 6.42 Å². The number of carboxylic acid groups (broad SMARTS) is 1. The molecule has 1 unspecified atom stereocenters. The Bertz CT molecular complexity index is 338. The molecule has 0 aromatic carbocycles. The zero-order valence-electron chi connectivity index (χ0n) is 10.8. The van der Waals surface area contributed by atoms with Gasteiger partial charge in [0.15, 0.2) is 0 Å². The second-order valence-electron chi connectivity index (χ2n) is 6.47. The van der Waals surface area contributed by atoms with E-state index in [4.69, 9.17) is 9.84 Å². The summed E-state index contributed by atoms with van der Waals surface area (Å²) in [4.78, 5) is 12.9. The Morgan fingerprint density at radius 2 is 2.12 bits per heavy atom. The van der Waals surface area contributed by atoms with Gasteiger partial charge in [0, 0.05) is 12.6 Å². The fraction of sp³-hybridized carbons (Fsp3) is 0.917. The summed E-state index contributed by atoms with van der Waals surface area (Å²) in [7, 11) is 0. The van der Waals surface area contributed by atoms with Gasteiger partial charge >= 0.3 is 5.97 Å². The van der Waals surface area contributed by atoms with Crippen LogP contribution in [-0.4, -0.2) is 45.7 Å². The zero-order valence-corrected chi connectivity index (χ0v) is 10.8. The molecule has 2 saturated heterocycles. The van der Waals surface area contributed by atoms with E-state index >= 15 is 0 Å². The quantitative estimate of drug-likeness (QED) is 0.720. The summed E-state index contributed by atoms with van der Waals surface area (Å²) in [6.07, 6.45) is -0.180. The lowest BCUT2D eigenvalue weighted by molar-refractivity contribution is -0.241. The summed E-state index contributed by atoms with van der Waals surface area (Å²) in [6, 6.07) is -0.0881. The molecule has 5 nitrogen and oxygen atoms in total. The molecule has 5 heteroatoms. The third-order valence-corrected chi connectivity index (χ3v) is 3.79. The maximum Gasteiger partial charge on any atom is 0.308 e. The molecular formula is C12H21NO4. The number of carboxylic acids is 1. The zero-order chi connectivity index (χ0) is 13.0. The van der Waals surface area contributed by atoms with Crippen LogP contribution in [0.3, 0.4) is 0 Å². The van der Waals surface area contributed by atoms with Crippen molar-refractivity contribution in [2.75, 3.05) is 6.54 Å². The van der Waals surface area contributed by atoms with E-state index in [2.05, 4.69) is 0 Å². The molecule has 0 aromatic rings. The standard InChI is InChI=1S/C12H21NO4/c1-11(2,3)17-10(16)13-6-12(4)5-7(13)8(12)9(14)15/h7-8,10,16H,5-6H2,1-4H3,(H,14,15)/t7-,8+,10?,12-/m0/s1. The van der Waals surface area contributed by atoms with Crippen molar-refractivity contribution in [1.29, 1.82) is 0 Å². The Hall–Kier alpha value is -0.650. The topological polar surface area (TPSA) is 70.0 Å². The van der Waals surface area contributed by atoms with Crippen LogP contribution in [-0.2, 0) is 9.53 Å². The molecule has 1 aliphatic carbocycles. The van der Waals surface area contributed by atoms with Gasteiger partial charge in [0.25, 0.3) is 0 Å². The van der Waals surface area contributed by atoms with Gasteiger partial charge < -0.3 is 14.9 Å². The van der Waals surface area contributed by atoms with Crippen molar-refractivity contribution in [3.63, 3.8) is 0 Å². The van der Waals surface area contributed by atoms with Crippen molar-refractivity contribution in [2.45, 2.75) is 52.2 Å². The second kappa shape index (κ2) is 3.67. The van der Waals surface area contributed by atoms with E-state index in [1.807, 2.05) is 27.7 Å². The van der Waals surface area contributed by atoms with Crippen LogP contribution in [0.1, 0.15) is 34.1 Å². The van der Waals surface area contributed by atoms with Crippen LogP contribution in [0, 0.1) is 11.3 Å². The van der Waals surface area contributed by atoms with Crippen LogP contribution in [0.4, 0.5) is 0 Å². The highest BCUT2D eigenvalue weighted by molar-refractivity contribution is 5.74. The Labute approximate surface area is 101 Å². The molecule has 2 bridgehead atoms. The molecule has 2 N–H and O–H groups in total. The average molecular weight is 243 g/mol. The van der Waals surface area contributed by atoms with Crippen molar-refractivity contribution in [3.8, 4) is 0 Å². The Balaban J connectivity index is 2.05. The minimum Gasteiger partial charge on any atom is -0.481 e. The molecule has 3 rings (SSSR count).